The van der Waals surface area contributed by atoms with E-state index in [-0.39, 0.29) is 6.04 Å². The first kappa shape index (κ1) is 13.8. The summed E-state index contributed by atoms with van der Waals surface area (Å²) in [4.78, 5) is 6.95. The number of imidazole rings is 1. The van der Waals surface area contributed by atoms with Gasteiger partial charge < -0.3 is 19.8 Å². The fourth-order valence-corrected chi connectivity index (χ4v) is 2.46. The third-order valence-electron chi connectivity index (χ3n) is 3.35. The summed E-state index contributed by atoms with van der Waals surface area (Å²) >= 11 is 0. The second-order valence-corrected chi connectivity index (χ2v) is 4.61. The molecule has 0 aliphatic carbocycles. The third-order valence-corrected chi connectivity index (χ3v) is 3.35. The van der Waals surface area contributed by atoms with Crippen molar-refractivity contribution < 1.29 is 4.74 Å². The maximum absolute atomic E-state index is 5.91. The first-order valence-electron chi connectivity index (χ1n) is 6.64. The lowest BCUT2D eigenvalue weighted by molar-refractivity contribution is 0.181. The van der Waals surface area contributed by atoms with Crippen molar-refractivity contribution in [1.29, 1.82) is 0 Å². The van der Waals surface area contributed by atoms with Gasteiger partial charge in [-0.2, -0.15) is 0 Å². The van der Waals surface area contributed by atoms with Gasteiger partial charge in [0.1, 0.15) is 5.65 Å². The van der Waals surface area contributed by atoms with Gasteiger partial charge in [-0.3, -0.25) is 0 Å². The van der Waals surface area contributed by atoms with Crippen LogP contribution in [0.15, 0.2) is 24.4 Å². The maximum Gasteiger partial charge on any atom is 0.152 e. The average molecular weight is 262 g/mol. The monoisotopic (exact) mass is 262 g/mol. The first-order valence-corrected chi connectivity index (χ1v) is 6.64. The molecule has 0 spiro atoms. The molecule has 2 aromatic rings. The molecule has 0 aromatic carbocycles. The van der Waals surface area contributed by atoms with E-state index in [1.807, 2.05) is 24.4 Å². The Morgan fingerprint density at radius 2 is 2.26 bits per heavy atom. The Morgan fingerprint density at radius 3 is 2.89 bits per heavy atom. The number of pyridine rings is 1. The second kappa shape index (κ2) is 6.04. The Hall–Kier alpha value is -1.59. The van der Waals surface area contributed by atoms with E-state index in [4.69, 9.17) is 15.5 Å². The van der Waals surface area contributed by atoms with Crippen LogP contribution in [0.25, 0.3) is 5.65 Å². The van der Waals surface area contributed by atoms with E-state index in [2.05, 4.69) is 23.1 Å². The van der Waals surface area contributed by atoms with Crippen molar-refractivity contribution in [2.45, 2.75) is 26.4 Å². The normalized spacial score (nSPS) is 12.8. The van der Waals surface area contributed by atoms with Crippen molar-refractivity contribution >= 4 is 11.5 Å². The fraction of sp³-hybridized carbons (Fsp3) is 0.500. The zero-order valence-corrected chi connectivity index (χ0v) is 11.8. The number of aromatic nitrogens is 2. The van der Waals surface area contributed by atoms with Crippen LogP contribution in [0.2, 0.25) is 0 Å². The molecule has 0 fully saturated rings. The van der Waals surface area contributed by atoms with Crippen LogP contribution in [0.4, 0.5) is 5.82 Å². The predicted octanol–water partition coefficient (Wildman–Crippen LogP) is 1.65. The Labute approximate surface area is 114 Å². The highest BCUT2D eigenvalue weighted by atomic mass is 16.5. The molecule has 1 unspecified atom stereocenters. The Kier molecular flexibility index (Phi) is 4.39. The highest BCUT2D eigenvalue weighted by Crippen LogP contribution is 2.23. The first-order chi connectivity index (χ1) is 9.22. The van der Waals surface area contributed by atoms with Crippen molar-refractivity contribution in [3.63, 3.8) is 0 Å². The van der Waals surface area contributed by atoms with E-state index in [1.165, 1.54) is 0 Å². The van der Waals surface area contributed by atoms with Gasteiger partial charge in [0.05, 0.1) is 18.3 Å². The van der Waals surface area contributed by atoms with Gasteiger partial charge in [-0.05, 0) is 26.0 Å². The maximum atomic E-state index is 5.91. The summed E-state index contributed by atoms with van der Waals surface area (Å²) in [7, 11) is 1.72. The number of anilines is 1. The lowest BCUT2D eigenvalue weighted by Crippen LogP contribution is -2.37. The summed E-state index contributed by atoms with van der Waals surface area (Å²) in [6.07, 6.45) is 2.00. The molecule has 0 radical (unpaired) electrons. The van der Waals surface area contributed by atoms with Crippen LogP contribution >= 0.6 is 0 Å². The van der Waals surface area contributed by atoms with Gasteiger partial charge in [0.2, 0.25) is 0 Å². The molecule has 0 amide bonds. The van der Waals surface area contributed by atoms with E-state index in [1.54, 1.807) is 7.11 Å². The summed E-state index contributed by atoms with van der Waals surface area (Å²) in [6, 6.07) is 6.25. The zero-order chi connectivity index (χ0) is 13.8. The van der Waals surface area contributed by atoms with E-state index in [0.29, 0.717) is 13.2 Å². The molecule has 0 aliphatic heterocycles. The van der Waals surface area contributed by atoms with Crippen LogP contribution in [-0.4, -0.2) is 35.7 Å². The molecular weight excluding hydrogens is 240 g/mol. The van der Waals surface area contributed by atoms with Crippen LogP contribution in [0.5, 0.6) is 0 Å². The van der Waals surface area contributed by atoms with E-state index in [0.717, 1.165) is 23.7 Å². The van der Waals surface area contributed by atoms with Gasteiger partial charge in [-0.15, -0.1) is 0 Å². The molecule has 0 bridgehead atoms. The molecule has 2 aromatic heterocycles. The minimum absolute atomic E-state index is 0.269. The van der Waals surface area contributed by atoms with Crippen molar-refractivity contribution in [3.05, 3.63) is 30.1 Å². The van der Waals surface area contributed by atoms with E-state index >= 15 is 0 Å². The van der Waals surface area contributed by atoms with Gasteiger partial charge in [0.15, 0.2) is 5.82 Å². The Bertz CT molecular complexity index is 537. The fourth-order valence-electron chi connectivity index (χ4n) is 2.46. The molecule has 0 aliphatic rings. The molecule has 2 N–H and O–H groups in total. The van der Waals surface area contributed by atoms with Crippen molar-refractivity contribution in [3.8, 4) is 0 Å². The minimum atomic E-state index is 0.269. The predicted molar refractivity (Wildman–Crippen MR) is 77.4 cm³/mol. The number of ether oxygens (including phenoxy) is 1. The number of hydrogen-bond donors (Lipinski definition) is 1. The highest BCUT2D eigenvalue weighted by molar-refractivity contribution is 5.56. The molecule has 5 heteroatoms. The minimum Gasteiger partial charge on any atom is -0.383 e. The topological polar surface area (TPSA) is 55.8 Å². The van der Waals surface area contributed by atoms with Gasteiger partial charge in [-0.1, -0.05) is 6.07 Å². The number of methoxy groups -OCH3 is 1. The number of nitrogens with zero attached hydrogens (tertiary/aromatic N) is 3. The summed E-state index contributed by atoms with van der Waals surface area (Å²) < 4.78 is 7.30. The van der Waals surface area contributed by atoms with Crippen LogP contribution < -0.4 is 10.6 Å². The molecule has 5 nitrogen and oxygen atoms in total. The van der Waals surface area contributed by atoms with Crippen LogP contribution in [0.3, 0.4) is 0 Å². The number of likely N-dealkylation sites (N-methyl/N-ethyl adjacent to an activating group) is 1. The summed E-state index contributed by atoms with van der Waals surface area (Å²) in [6.45, 7) is 6.28. The molecule has 104 valence electrons. The molecular formula is C14H22N4O. The molecule has 1 atom stereocenters. The molecule has 2 rings (SSSR count). The summed E-state index contributed by atoms with van der Waals surface area (Å²) in [5.74, 6) is 0.959. The Balaban J connectivity index is 2.47. The number of hydrogen-bond acceptors (Lipinski definition) is 4. The molecule has 0 saturated heterocycles. The Morgan fingerprint density at radius 1 is 1.47 bits per heavy atom. The van der Waals surface area contributed by atoms with Crippen LogP contribution in [0, 0.1) is 0 Å². The van der Waals surface area contributed by atoms with Crippen molar-refractivity contribution in [2.75, 3.05) is 25.2 Å². The van der Waals surface area contributed by atoms with Crippen molar-refractivity contribution in [2.24, 2.45) is 5.73 Å². The van der Waals surface area contributed by atoms with Gasteiger partial charge in [0.25, 0.3) is 0 Å². The number of fused-ring (bicyclic) bond motifs is 1. The lowest BCUT2D eigenvalue weighted by Gasteiger charge is -2.28. The summed E-state index contributed by atoms with van der Waals surface area (Å²) in [5, 5.41) is 0. The van der Waals surface area contributed by atoms with E-state index in [9.17, 15) is 0 Å². The lowest BCUT2D eigenvalue weighted by atomic mass is 10.2. The second-order valence-electron chi connectivity index (χ2n) is 4.61. The molecule has 19 heavy (non-hydrogen) atoms. The van der Waals surface area contributed by atoms with E-state index < -0.39 is 0 Å². The summed E-state index contributed by atoms with van der Waals surface area (Å²) in [5.41, 5.74) is 7.88. The smallest absolute Gasteiger partial charge is 0.152 e. The largest absolute Gasteiger partial charge is 0.383 e. The third kappa shape index (κ3) is 2.57. The number of rotatable bonds is 6. The standard InChI is InChI=1S/C14H22N4O/c1-4-17(11(2)10-19-3)14-12(9-15)18-8-6-5-7-13(18)16-14/h5-8,11H,4,9-10,15H2,1-3H3. The SMILES string of the molecule is CCN(c1nc2ccccn2c1CN)C(C)COC. The quantitative estimate of drug-likeness (QED) is 0.860. The van der Waals surface area contributed by atoms with Crippen molar-refractivity contribution in [1.82, 2.24) is 9.38 Å². The van der Waals surface area contributed by atoms with Gasteiger partial charge in [-0.25, -0.2) is 4.98 Å². The van der Waals surface area contributed by atoms with Gasteiger partial charge in [0, 0.05) is 26.4 Å². The molecule has 2 heterocycles. The zero-order valence-electron chi connectivity index (χ0n) is 11.8. The van der Waals surface area contributed by atoms with Crippen LogP contribution in [-0.2, 0) is 11.3 Å². The average Bonchev–Trinajstić information content (AvgIpc) is 2.78. The highest BCUT2D eigenvalue weighted by Gasteiger charge is 2.20. The molecule has 0 saturated carbocycles. The van der Waals surface area contributed by atoms with Gasteiger partial charge >= 0.3 is 0 Å². The van der Waals surface area contributed by atoms with Crippen LogP contribution in [0.1, 0.15) is 19.5 Å². The number of nitrogens with two attached hydrogens (primary N) is 1.